The minimum atomic E-state index is 0. The summed E-state index contributed by atoms with van der Waals surface area (Å²) in [5, 5.41) is 4.10. The fraction of sp³-hybridized carbons (Fsp3) is 0.368. The Morgan fingerprint density at radius 3 is 2.33 bits per heavy atom. The van der Waals surface area contributed by atoms with Crippen molar-refractivity contribution in [2.24, 2.45) is 0 Å². The summed E-state index contributed by atoms with van der Waals surface area (Å²) >= 11 is 6.20. The van der Waals surface area contributed by atoms with Crippen molar-refractivity contribution in [2.75, 3.05) is 7.11 Å². The van der Waals surface area contributed by atoms with E-state index in [0.717, 1.165) is 16.9 Å². The molecule has 5 heteroatoms. The standard InChI is InChI=1S/C19H24ClNO2.ClH/c1-19(2,3)21-12-15-10-16(20)11-17(22-4)18(15)23-13-14-8-6-5-7-9-14;/h5-11,21H,12-13H2,1-4H3;1H. The molecule has 0 spiro atoms. The molecule has 3 nitrogen and oxygen atoms in total. The Morgan fingerprint density at radius 1 is 1.08 bits per heavy atom. The van der Waals surface area contributed by atoms with Gasteiger partial charge < -0.3 is 14.8 Å². The van der Waals surface area contributed by atoms with E-state index < -0.39 is 0 Å². The first kappa shape index (κ1) is 20.6. The summed E-state index contributed by atoms with van der Waals surface area (Å²) in [5.41, 5.74) is 2.10. The lowest BCUT2D eigenvalue weighted by Crippen LogP contribution is -2.35. The third kappa shape index (κ3) is 6.23. The van der Waals surface area contributed by atoms with E-state index in [1.807, 2.05) is 36.4 Å². The molecule has 0 saturated carbocycles. The number of hydrogen-bond acceptors (Lipinski definition) is 3. The second-order valence-corrected chi connectivity index (χ2v) is 6.91. The van der Waals surface area contributed by atoms with Gasteiger partial charge in [-0.25, -0.2) is 0 Å². The number of nitrogens with one attached hydrogen (secondary N) is 1. The summed E-state index contributed by atoms with van der Waals surface area (Å²) in [7, 11) is 1.63. The average Bonchev–Trinajstić information content (AvgIpc) is 2.51. The van der Waals surface area contributed by atoms with Gasteiger partial charge in [0.25, 0.3) is 0 Å². The Kier molecular flexibility index (Phi) is 7.88. The molecule has 0 fully saturated rings. The fourth-order valence-corrected chi connectivity index (χ4v) is 2.39. The SMILES string of the molecule is COc1cc(Cl)cc(CNC(C)(C)C)c1OCc1ccccc1.Cl. The van der Waals surface area contributed by atoms with E-state index in [9.17, 15) is 0 Å². The minimum absolute atomic E-state index is 0. The summed E-state index contributed by atoms with van der Waals surface area (Å²) in [5.74, 6) is 1.39. The summed E-state index contributed by atoms with van der Waals surface area (Å²) in [6.07, 6.45) is 0. The van der Waals surface area contributed by atoms with Gasteiger partial charge in [-0.2, -0.15) is 0 Å². The first-order chi connectivity index (χ1) is 10.9. The van der Waals surface area contributed by atoms with Crippen LogP contribution in [0.25, 0.3) is 0 Å². The van der Waals surface area contributed by atoms with Gasteiger partial charge in [-0.15, -0.1) is 12.4 Å². The van der Waals surface area contributed by atoms with Crippen molar-refractivity contribution >= 4 is 24.0 Å². The number of ether oxygens (including phenoxy) is 2. The molecular formula is C19H25Cl2NO2. The summed E-state index contributed by atoms with van der Waals surface area (Å²) in [4.78, 5) is 0. The van der Waals surface area contributed by atoms with Gasteiger partial charge in [0.05, 0.1) is 7.11 Å². The molecule has 2 aromatic carbocycles. The largest absolute Gasteiger partial charge is 0.493 e. The Morgan fingerprint density at radius 2 is 1.75 bits per heavy atom. The second-order valence-electron chi connectivity index (χ2n) is 6.47. The van der Waals surface area contributed by atoms with Crippen LogP contribution in [0.4, 0.5) is 0 Å². The van der Waals surface area contributed by atoms with E-state index in [-0.39, 0.29) is 17.9 Å². The van der Waals surface area contributed by atoms with Crippen molar-refractivity contribution in [3.63, 3.8) is 0 Å². The Hall–Kier alpha value is -1.42. The van der Waals surface area contributed by atoms with Gasteiger partial charge in [-0.05, 0) is 32.4 Å². The van der Waals surface area contributed by atoms with Gasteiger partial charge in [0.1, 0.15) is 6.61 Å². The Balaban J connectivity index is 0.00000288. The first-order valence-electron chi connectivity index (χ1n) is 7.67. The van der Waals surface area contributed by atoms with Crippen LogP contribution in [0.2, 0.25) is 5.02 Å². The van der Waals surface area contributed by atoms with Crippen molar-refractivity contribution in [3.05, 3.63) is 58.6 Å². The zero-order valence-electron chi connectivity index (χ0n) is 14.6. The highest BCUT2D eigenvalue weighted by molar-refractivity contribution is 6.30. The molecule has 2 aromatic rings. The first-order valence-corrected chi connectivity index (χ1v) is 8.05. The zero-order valence-corrected chi connectivity index (χ0v) is 16.1. The van der Waals surface area contributed by atoms with E-state index in [2.05, 4.69) is 26.1 Å². The van der Waals surface area contributed by atoms with Crippen LogP contribution in [0.3, 0.4) is 0 Å². The lowest BCUT2D eigenvalue weighted by molar-refractivity contribution is 0.279. The number of halogens is 2. The quantitative estimate of drug-likeness (QED) is 0.755. The van der Waals surface area contributed by atoms with Crippen molar-refractivity contribution in [1.82, 2.24) is 5.32 Å². The number of hydrogen-bond donors (Lipinski definition) is 1. The third-order valence-corrected chi connectivity index (χ3v) is 3.57. The highest BCUT2D eigenvalue weighted by Gasteiger charge is 2.16. The number of methoxy groups -OCH3 is 1. The van der Waals surface area contributed by atoms with Crippen LogP contribution in [-0.4, -0.2) is 12.6 Å². The molecule has 0 aliphatic heterocycles. The Bertz CT molecular complexity index is 640. The molecule has 0 aromatic heterocycles. The molecule has 0 heterocycles. The third-order valence-electron chi connectivity index (χ3n) is 3.35. The van der Waals surface area contributed by atoms with Gasteiger partial charge in [0.2, 0.25) is 0 Å². The van der Waals surface area contributed by atoms with E-state index in [0.29, 0.717) is 23.9 Å². The predicted octanol–water partition coefficient (Wildman–Crippen LogP) is 5.24. The fourth-order valence-electron chi connectivity index (χ4n) is 2.16. The lowest BCUT2D eigenvalue weighted by Gasteiger charge is -2.22. The topological polar surface area (TPSA) is 30.5 Å². The minimum Gasteiger partial charge on any atom is -0.493 e. The molecule has 0 aliphatic carbocycles. The molecule has 0 unspecified atom stereocenters. The van der Waals surface area contributed by atoms with Gasteiger partial charge in [0.15, 0.2) is 11.5 Å². The second kappa shape index (κ2) is 9.16. The smallest absolute Gasteiger partial charge is 0.166 e. The molecule has 0 aliphatic rings. The monoisotopic (exact) mass is 369 g/mol. The van der Waals surface area contributed by atoms with Gasteiger partial charge >= 0.3 is 0 Å². The molecule has 132 valence electrons. The summed E-state index contributed by atoms with van der Waals surface area (Å²) < 4.78 is 11.5. The van der Waals surface area contributed by atoms with Gasteiger partial charge in [0, 0.05) is 28.7 Å². The molecule has 0 atom stereocenters. The average molecular weight is 370 g/mol. The lowest BCUT2D eigenvalue weighted by atomic mass is 10.1. The van der Waals surface area contributed by atoms with Gasteiger partial charge in [-0.1, -0.05) is 41.9 Å². The van der Waals surface area contributed by atoms with Crippen molar-refractivity contribution in [2.45, 2.75) is 39.5 Å². The van der Waals surface area contributed by atoms with Crippen molar-refractivity contribution in [3.8, 4) is 11.5 Å². The molecule has 24 heavy (non-hydrogen) atoms. The van der Waals surface area contributed by atoms with Crippen LogP contribution in [0.1, 0.15) is 31.9 Å². The van der Waals surface area contributed by atoms with E-state index in [1.165, 1.54) is 0 Å². The number of benzene rings is 2. The van der Waals surface area contributed by atoms with E-state index in [1.54, 1.807) is 13.2 Å². The maximum absolute atomic E-state index is 6.20. The molecular weight excluding hydrogens is 345 g/mol. The molecule has 0 saturated heterocycles. The molecule has 0 bridgehead atoms. The predicted molar refractivity (Wildman–Crippen MR) is 103 cm³/mol. The highest BCUT2D eigenvalue weighted by Crippen LogP contribution is 2.35. The highest BCUT2D eigenvalue weighted by atomic mass is 35.5. The van der Waals surface area contributed by atoms with E-state index >= 15 is 0 Å². The van der Waals surface area contributed by atoms with Crippen molar-refractivity contribution in [1.29, 1.82) is 0 Å². The molecule has 2 rings (SSSR count). The molecule has 1 N–H and O–H groups in total. The maximum Gasteiger partial charge on any atom is 0.166 e. The Labute approximate surface area is 155 Å². The maximum atomic E-state index is 6.20. The molecule has 0 radical (unpaired) electrons. The van der Waals surface area contributed by atoms with Crippen LogP contribution in [-0.2, 0) is 13.2 Å². The number of rotatable bonds is 6. The van der Waals surface area contributed by atoms with Crippen LogP contribution in [0.5, 0.6) is 11.5 Å². The van der Waals surface area contributed by atoms with Crippen molar-refractivity contribution < 1.29 is 9.47 Å². The zero-order chi connectivity index (χ0) is 16.9. The normalized spacial score (nSPS) is 10.9. The van der Waals surface area contributed by atoms with Crippen LogP contribution in [0.15, 0.2) is 42.5 Å². The van der Waals surface area contributed by atoms with Crippen LogP contribution >= 0.6 is 24.0 Å². The molecule has 0 amide bonds. The van der Waals surface area contributed by atoms with Crippen LogP contribution in [0, 0.1) is 0 Å². The van der Waals surface area contributed by atoms with E-state index in [4.69, 9.17) is 21.1 Å². The van der Waals surface area contributed by atoms with Crippen LogP contribution < -0.4 is 14.8 Å². The summed E-state index contributed by atoms with van der Waals surface area (Å²) in [6.45, 7) is 7.52. The summed E-state index contributed by atoms with van der Waals surface area (Å²) in [6, 6.07) is 13.8. The van der Waals surface area contributed by atoms with Gasteiger partial charge in [-0.3, -0.25) is 0 Å².